The average molecular weight is 609 g/mol. The number of hydrogen-bond donors (Lipinski definition) is 2. The molecule has 5 heterocycles. The van der Waals surface area contributed by atoms with Gasteiger partial charge in [-0.25, -0.2) is 0 Å². The van der Waals surface area contributed by atoms with E-state index in [0.29, 0.717) is 12.1 Å². The van der Waals surface area contributed by atoms with Gasteiger partial charge in [0.05, 0.1) is 46.9 Å². The van der Waals surface area contributed by atoms with Crippen LogP contribution in [0.25, 0.3) is 0 Å². The first-order chi connectivity index (χ1) is 22.7. The lowest BCUT2D eigenvalue weighted by Crippen LogP contribution is -2.74. The SMILES string of the molecule is CC1=CNC2C3NC=C(C)N3C3CC(N4c5ccccc5Oc5ccccc54)C(N4c5ccccc5Oc5ccccc54)CC3N12. The van der Waals surface area contributed by atoms with E-state index in [1.807, 2.05) is 0 Å². The molecule has 1 saturated carbocycles. The molecule has 1 saturated heterocycles. The van der Waals surface area contributed by atoms with Crippen molar-refractivity contribution in [3.63, 3.8) is 0 Å². The Morgan fingerprint density at radius 1 is 0.478 bits per heavy atom. The van der Waals surface area contributed by atoms with E-state index in [1.165, 1.54) is 11.4 Å². The molecule has 6 atom stereocenters. The second kappa shape index (κ2) is 9.63. The molecule has 4 aromatic carbocycles. The Hall–Kier alpha value is -5.24. The molecule has 46 heavy (non-hydrogen) atoms. The molecule has 8 nitrogen and oxygen atoms in total. The first-order valence-electron chi connectivity index (χ1n) is 16.4. The Morgan fingerprint density at radius 3 is 1.15 bits per heavy atom. The van der Waals surface area contributed by atoms with Crippen LogP contribution in [-0.4, -0.2) is 46.3 Å². The molecule has 0 bridgehead atoms. The zero-order chi connectivity index (χ0) is 30.5. The van der Waals surface area contributed by atoms with Crippen molar-refractivity contribution in [2.24, 2.45) is 0 Å². The number of benzene rings is 4. The quantitative estimate of drug-likeness (QED) is 0.245. The topological polar surface area (TPSA) is 55.5 Å². The maximum atomic E-state index is 6.53. The first kappa shape index (κ1) is 26.0. The molecule has 1 aliphatic carbocycles. The molecule has 2 N–H and O–H groups in total. The van der Waals surface area contributed by atoms with Crippen molar-refractivity contribution in [3.8, 4) is 23.0 Å². The van der Waals surface area contributed by atoms with Gasteiger partial charge in [-0.1, -0.05) is 48.5 Å². The molecule has 230 valence electrons. The van der Waals surface area contributed by atoms with E-state index in [4.69, 9.17) is 9.47 Å². The molecule has 0 aromatic heterocycles. The predicted molar refractivity (Wildman–Crippen MR) is 180 cm³/mol. The fourth-order valence-corrected chi connectivity index (χ4v) is 9.04. The summed E-state index contributed by atoms with van der Waals surface area (Å²) in [6.45, 7) is 4.51. The normalized spacial score (nSPS) is 28.0. The van der Waals surface area contributed by atoms with Crippen LogP contribution >= 0.6 is 0 Å². The maximum Gasteiger partial charge on any atom is 0.151 e. The molecule has 6 aliphatic rings. The standard InChI is InChI=1S/C38H36N6O2/c1-23-21-39-37-38-40-22-24(2)42(38)30-20-32(44-27-13-5-9-17-35(27)46-36-18-10-6-14-28(36)44)31(19-29(30)41(23)37)43-25-11-3-7-15-33(25)45-34-16-8-4-12-26(34)43/h3-18,21-22,29-32,37-40H,19-20H2,1-2H3. The van der Waals surface area contributed by atoms with Crippen LogP contribution in [0.1, 0.15) is 26.7 Å². The molecule has 0 amide bonds. The summed E-state index contributed by atoms with van der Waals surface area (Å²) in [6.07, 6.45) is 6.66. The third-order valence-corrected chi connectivity index (χ3v) is 10.8. The number of piperazine rings is 1. The molecule has 6 unspecified atom stereocenters. The van der Waals surface area contributed by atoms with Gasteiger partial charge in [-0.05, 0) is 75.2 Å². The smallest absolute Gasteiger partial charge is 0.151 e. The molecule has 2 fully saturated rings. The number of anilines is 4. The Labute approximate surface area is 269 Å². The molecular weight excluding hydrogens is 572 g/mol. The second-order valence-electron chi connectivity index (χ2n) is 13.2. The number of allylic oxidation sites excluding steroid dienone is 2. The van der Waals surface area contributed by atoms with Crippen molar-refractivity contribution < 1.29 is 9.47 Å². The van der Waals surface area contributed by atoms with Gasteiger partial charge >= 0.3 is 0 Å². The summed E-state index contributed by atoms with van der Waals surface area (Å²) in [5.74, 6) is 3.58. The number of nitrogens with one attached hydrogen (secondary N) is 2. The number of fused-ring (bicyclic) bond motifs is 10. The van der Waals surface area contributed by atoms with Gasteiger partial charge in [-0.15, -0.1) is 0 Å². The summed E-state index contributed by atoms with van der Waals surface area (Å²) in [5, 5.41) is 7.45. The molecule has 10 rings (SSSR count). The predicted octanol–water partition coefficient (Wildman–Crippen LogP) is 7.34. The Kier molecular flexibility index (Phi) is 5.45. The minimum atomic E-state index is 0.108. The van der Waals surface area contributed by atoms with Crippen molar-refractivity contribution in [2.45, 2.75) is 63.2 Å². The van der Waals surface area contributed by atoms with E-state index < -0.39 is 0 Å². The number of ether oxygens (including phenoxy) is 2. The third-order valence-electron chi connectivity index (χ3n) is 10.8. The summed E-state index contributed by atoms with van der Waals surface area (Å²) in [4.78, 5) is 10.5. The van der Waals surface area contributed by atoms with Gasteiger partial charge in [0.15, 0.2) is 23.0 Å². The highest BCUT2D eigenvalue weighted by Crippen LogP contribution is 2.55. The molecule has 0 spiro atoms. The summed E-state index contributed by atoms with van der Waals surface area (Å²) in [6, 6.07) is 34.9. The highest BCUT2D eigenvalue weighted by molar-refractivity contribution is 5.82. The van der Waals surface area contributed by atoms with Crippen LogP contribution in [0.4, 0.5) is 22.7 Å². The van der Waals surface area contributed by atoms with Crippen LogP contribution in [0.5, 0.6) is 23.0 Å². The Morgan fingerprint density at radius 2 is 0.804 bits per heavy atom. The van der Waals surface area contributed by atoms with Crippen LogP contribution in [0, 0.1) is 0 Å². The number of para-hydroxylation sites is 8. The minimum absolute atomic E-state index is 0.108. The Bertz CT molecular complexity index is 1710. The molecule has 0 radical (unpaired) electrons. The van der Waals surface area contributed by atoms with Gasteiger partial charge < -0.3 is 39.7 Å². The summed E-state index contributed by atoms with van der Waals surface area (Å²) < 4.78 is 13.1. The number of nitrogens with zero attached hydrogens (tertiary/aromatic N) is 4. The lowest BCUT2D eigenvalue weighted by atomic mass is 9.76. The van der Waals surface area contributed by atoms with Crippen LogP contribution < -0.4 is 29.9 Å². The average Bonchev–Trinajstić information content (AvgIpc) is 3.68. The van der Waals surface area contributed by atoms with E-state index in [1.54, 1.807) is 0 Å². The fraction of sp³-hybridized carbons (Fsp3) is 0.263. The van der Waals surface area contributed by atoms with E-state index in [-0.39, 0.29) is 24.4 Å². The summed E-state index contributed by atoms with van der Waals surface area (Å²) in [5.41, 5.74) is 7.04. The van der Waals surface area contributed by atoms with Gasteiger partial charge in [0.25, 0.3) is 0 Å². The van der Waals surface area contributed by atoms with E-state index in [2.05, 4.69) is 154 Å². The first-order valence-corrected chi connectivity index (χ1v) is 16.4. The van der Waals surface area contributed by atoms with Crippen molar-refractivity contribution in [3.05, 3.63) is 121 Å². The monoisotopic (exact) mass is 608 g/mol. The van der Waals surface area contributed by atoms with Gasteiger partial charge in [-0.3, -0.25) is 0 Å². The largest absolute Gasteiger partial charge is 0.453 e. The molecular formula is C38H36N6O2. The molecule has 8 heteroatoms. The van der Waals surface area contributed by atoms with Crippen molar-refractivity contribution in [1.29, 1.82) is 0 Å². The van der Waals surface area contributed by atoms with Crippen LogP contribution in [0.15, 0.2) is 121 Å². The Balaban J connectivity index is 1.19. The maximum absolute atomic E-state index is 6.53. The van der Waals surface area contributed by atoms with Crippen molar-refractivity contribution in [1.82, 2.24) is 20.4 Å². The lowest BCUT2D eigenvalue weighted by molar-refractivity contribution is -0.0471. The van der Waals surface area contributed by atoms with E-state index in [0.717, 1.165) is 58.6 Å². The highest BCUT2D eigenvalue weighted by atomic mass is 16.5. The van der Waals surface area contributed by atoms with Crippen LogP contribution in [-0.2, 0) is 0 Å². The second-order valence-corrected chi connectivity index (χ2v) is 13.2. The zero-order valence-electron chi connectivity index (χ0n) is 25.9. The van der Waals surface area contributed by atoms with E-state index >= 15 is 0 Å². The summed E-state index contributed by atoms with van der Waals surface area (Å²) >= 11 is 0. The third kappa shape index (κ3) is 3.55. The number of rotatable bonds is 2. The van der Waals surface area contributed by atoms with E-state index in [9.17, 15) is 0 Å². The van der Waals surface area contributed by atoms with Crippen LogP contribution in [0.3, 0.4) is 0 Å². The zero-order valence-corrected chi connectivity index (χ0v) is 25.9. The van der Waals surface area contributed by atoms with Crippen molar-refractivity contribution >= 4 is 22.7 Å². The molecule has 4 aromatic rings. The number of hydrogen-bond acceptors (Lipinski definition) is 8. The fourth-order valence-electron chi connectivity index (χ4n) is 9.04. The van der Waals surface area contributed by atoms with Gasteiger partial charge in [0.2, 0.25) is 0 Å². The lowest BCUT2D eigenvalue weighted by Gasteiger charge is -2.60. The molecule has 5 aliphatic heterocycles. The van der Waals surface area contributed by atoms with Crippen molar-refractivity contribution in [2.75, 3.05) is 9.80 Å². The minimum Gasteiger partial charge on any atom is -0.453 e. The summed E-state index contributed by atoms with van der Waals surface area (Å²) in [7, 11) is 0. The van der Waals surface area contributed by atoms with Gasteiger partial charge in [0.1, 0.15) is 12.3 Å². The van der Waals surface area contributed by atoms with Crippen LogP contribution in [0.2, 0.25) is 0 Å². The van der Waals surface area contributed by atoms with Gasteiger partial charge in [-0.2, -0.15) is 0 Å². The van der Waals surface area contributed by atoms with Gasteiger partial charge in [0, 0.05) is 23.8 Å². The highest BCUT2D eigenvalue weighted by Gasteiger charge is 2.57.